The Morgan fingerprint density at radius 1 is 0.868 bits per heavy atom. The molecule has 12 heteroatoms. The predicted molar refractivity (Wildman–Crippen MR) is 135 cm³/mol. The van der Waals surface area contributed by atoms with E-state index in [1.54, 1.807) is 27.7 Å². The SMILES string of the molecule is CCCOC(=O)Oc1ccc(C[C@](NC(C)C)(OC(=O)OCC(C)(C)C)C(=O)O)cc1OC(=O)OCCC. The zero-order valence-corrected chi connectivity index (χ0v) is 23.1. The molecule has 0 aliphatic rings. The third-order valence-corrected chi connectivity index (χ3v) is 4.44. The molecule has 0 bridgehead atoms. The first-order valence-electron chi connectivity index (χ1n) is 12.4. The Labute approximate surface area is 222 Å². The van der Waals surface area contributed by atoms with Crippen molar-refractivity contribution >= 4 is 24.4 Å². The molecule has 0 saturated carbocycles. The number of hydrogen-bond donors (Lipinski definition) is 2. The maximum atomic E-state index is 12.5. The average Bonchev–Trinajstić information content (AvgIpc) is 2.80. The molecule has 1 atom stereocenters. The van der Waals surface area contributed by atoms with Crippen LogP contribution in [0.5, 0.6) is 11.5 Å². The van der Waals surface area contributed by atoms with Gasteiger partial charge >= 0.3 is 24.4 Å². The fourth-order valence-corrected chi connectivity index (χ4v) is 2.93. The molecule has 0 radical (unpaired) electrons. The van der Waals surface area contributed by atoms with Crippen LogP contribution in [0.4, 0.5) is 14.4 Å². The van der Waals surface area contributed by atoms with Crippen LogP contribution in [-0.4, -0.2) is 61.1 Å². The van der Waals surface area contributed by atoms with E-state index in [-0.39, 0.29) is 42.3 Å². The van der Waals surface area contributed by atoms with Gasteiger partial charge in [0.15, 0.2) is 11.5 Å². The number of carbonyl (C=O) groups excluding carboxylic acids is 3. The number of carbonyl (C=O) groups is 4. The first-order valence-corrected chi connectivity index (χ1v) is 12.4. The Kier molecular flexibility index (Phi) is 12.8. The second kappa shape index (κ2) is 15.0. The Morgan fingerprint density at radius 2 is 1.42 bits per heavy atom. The molecule has 38 heavy (non-hydrogen) atoms. The van der Waals surface area contributed by atoms with Gasteiger partial charge in [-0.05, 0) is 49.8 Å². The van der Waals surface area contributed by atoms with Gasteiger partial charge in [0, 0.05) is 12.5 Å². The molecule has 0 aliphatic heterocycles. The summed E-state index contributed by atoms with van der Waals surface area (Å²) in [6.07, 6.45) is -2.52. The number of rotatable bonds is 13. The number of hydrogen-bond acceptors (Lipinski definition) is 11. The summed E-state index contributed by atoms with van der Waals surface area (Å²) >= 11 is 0. The van der Waals surface area contributed by atoms with Crippen molar-refractivity contribution in [2.45, 2.75) is 79.5 Å². The predicted octanol–water partition coefficient (Wildman–Crippen LogP) is 5.06. The third-order valence-electron chi connectivity index (χ3n) is 4.44. The quantitative estimate of drug-likeness (QED) is 0.148. The van der Waals surface area contributed by atoms with E-state index in [4.69, 9.17) is 28.4 Å². The van der Waals surface area contributed by atoms with Crippen LogP contribution < -0.4 is 14.8 Å². The Bertz CT molecular complexity index is 955. The molecular formula is C26H39NO11. The lowest BCUT2D eigenvalue weighted by atomic mass is 9.99. The molecule has 0 heterocycles. The van der Waals surface area contributed by atoms with Crippen molar-refractivity contribution in [2.24, 2.45) is 5.41 Å². The molecule has 0 fully saturated rings. The van der Waals surface area contributed by atoms with Crippen molar-refractivity contribution in [2.75, 3.05) is 19.8 Å². The lowest BCUT2D eigenvalue weighted by molar-refractivity contribution is -0.167. The number of nitrogens with one attached hydrogen (secondary N) is 1. The van der Waals surface area contributed by atoms with Gasteiger partial charge in [-0.25, -0.2) is 19.2 Å². The van der Waals surface area contributed by atoms with E-state index in [2.05, 4.69) is 5.32 Å². The van der Waals surface area contributed by atoms with Gasteiger partial charge in [-0.15, -0.1) is 0 Å². The van der Waals surface area contributed by atoms with Crippen molar-refractivity contribution in [1.82, 2.24) is 5.32 Å². The molecule has 1 aromatic carbocycles. The standard InChI is InChI=1S/C26H39NO11/c1-8-12-33-22(30)36-19-11-10-18(14-20(19)37-23(31)34-13-9-2)15-26(21(28)29,27-17(3)4)38-24(32)35-16-25(5,6)7/h10-11,14,17,27H,8-9,12-13,15-16H2,1-7H3,(H,28,29)/t26-/m0/s1. The largest absolute Gasteiger partial charge is 0.513 e. The normalized spacial score (nSPS) is 12.7. The van der Waals surface area contributed by atoms with E-state index in [1.165, 1.54) is 18.2 Å². The highest BCUT2D eigenvalue weighted by Gasteiger charge is 2.44. The molecule has 0 spiro atoms. The minimum absolute atomic E-state index is 0.00123. The van der Waals surface area contributed by atoms with Gasteiger partial charge in [0.2, 0.25) is 0 Å². The van der Waals surface area contributed by atoms with Crippen LogP contribution in [0, 0.1) is 5.41 Å². The molecule has 0 amide bonds. The summed E-state index contributed by atoms with van der Waals surface area (Å²) in [5.74, 6) is -1.87. The van der Waals surface area contributed by atoms with E-state index in [9.17, 15) is 24.3 Å². The summed E-state index contributed by atoms with van der Waals surface area (Å²) in [5.41, 5.74) is -2.34. The molecule has 0 saturated heterocycles. The number of carboxylic acid groups (broad SMARTS) is 1. The first kappa shape index (κ1) is 32.5. The summed E-state index contributed by atoms with van der Waals surface area (Å²) in [7, 11) is 0. The molecule has 2 N–H and O–H groups in total. The van der Waals surface area contributed by atoms with Gasteiger partial charge < -0.3 is 33.5 Å². The Hall–Kier alpha value is -3.54. The fourth-order valence-electron chi connectivity index (χ4n) is 2.93. The van der Waals surface area contributed by atoms with Gasteiger partial charge in [0.25, 0.3) is 5.72 Å². The van der Waals surface area contributed by atoms with Crippen LogP contribution in [0.1, 0.15) is 66.9 Å². The van der Waals surface area contributed by atoms with Crippen LogP contribution in [0.15, 0.2) is 18.2 Å². The summed E-state index contributed by atoms with van der Waals surface area (Å²) in [5, 5.41) is 12.9. The van der Waals surface area contributed by atoms with Gasteiger partial charge in [0.1, 0.15) is 0 Å². The highest BCUT2D eigenvalue weighted by Crippen LogP contribution is 2.31. The van der Waals surface area contributed by atoms with Crippen LogP contribution in [0.3, 0.4) is 0 Å². The number of benzene rings is 1. The summed E-state index contributed by atoms with van der Waals surface area (Å²) in [6.45, 7) is 12.7. The molecule has 1 rings (SSSR count). The van der Waals surface area contributed by atoms with E-state index in [0.29, 0.717) is 12.8 Å². The molecule has 1 aromatic rings. The lowest BCUT2D eigenvalue weighted by Crippen LogP contribution is -2.59. The smallest absolute Gasteiger partial charge is 0.477 e. The Balaban J connectivity index is 3.35. The van der Waals surface area contributed by atoms with Gasteiger partial charge in [-0.1, -0.05) is 40.7 Å². The summed E-state index contributed by atoms with van der Waals surface area (Å²) < 4.78 is 30.6. The van der Waals surface area contributed by atoms with Crippen LogP contribution in [-0.2, 0) is 30.2 Å². The van der Waals surface area contributed by atoms with Gasteiger partial charge in [0.05, 0.1) is 19.8 Å². The minimum atomic E-state index is -2.23. The second-order valence-electron chi connectivity index (χ2n) is 9.99. The topological polar surface area (TPSA) is 156 Å². The first-order chi connectivity index (χ1) is 17.7. The highest BCUT2D eigenvalue weighted by molar-refractivity contribution is 5.80. The number of ether oxygens (including phenoxy) is 6. The molecule has 0 aromatic heterocycles. The highest BCUT2D eigenvalue weighted by atomic mass is 16.8. The van der Waals surface area contributed by atoms with Crippen molar-refractivity contribution in [3.05, 3.63) is 23.8 Å². The Morgan fingerprint density at radius 3 is 1.89 bits per heavy atom. The van der Waals surface area contributed by atoms with Crippen molar-refractivity contribution < 1.29 is 52.7 Å². The molecule has 214 valence electrons. The third kappa shape index (κ3) is 11.7. The maximum Gasteiger partial charge on any atom is 0.513 e. The summed E-state index contributed by atoms with van der Waals surface area (Å²) in [4.78, 5) is 49.0. The van der Waals surface area contributed by atoms with Crippen molar-refractivity contribution in [3.63, 3.8) is 0 Å². The fraction of sp³-hybridized carbons (Fsp3) is 0.615. The zero-order valence-electron chi connectivity index (χ0n) is 23.1. The summed E-state index contributed by atoms with van der Waals surface area (Å²) in [6, 6.07) is 3.58. The second-order valence-corrected chi connectivity index (χ2v) is 9.99. The van der Waals surface area contributed by atoms with Crippen LogP contribution >= 0.6 is 0 Å². The van der Waals surface area contributed by atoms with Crippen molar-refractivity contribution in [3.8, 4) is 11.5 Å². The average molecular weight is 542 g/mol. The maximum absolute atomic E-state index is 12.5. The molecule has 12 nitrogen and oxygen atoms in total. The minimum Gasteiger partial charge on any atom is -0.477 e. The van der Waals surface area contributed by atoms with E-state index in [1.807, 2.05) is 20.8 Å². The molecular weight excluding hydrogens is 502 g/mol. The van der Waals surface area contributed by atoms with Crippen LogP contribution in [0.25, 0.3) is 0 Å². The van der Waals surface area contributed by atoms with E-state index in [0.717, 1.165) is 0 Å². The van der Waals surface area contributed by atoms with Crippen LogP contribution in [0.2, 0.25) is 0 Å². The zero-order chi connectivity index (χ0) is 28.9. The monoisotopic (exact) mass is 541 g/mol. The molecule has 0 aliphatic carbocycles. The number of carboxylic acids is 1. The van der Waals surface area contributed by atoms with Gasteiger partial charge in [-0.3, -0.25) is 5.32 Å². The van der Waals surface area contributed by atoms with Gasteiger partial charge in [-0.2, -0.15) is 0 Å². The lowest BCUT2D eigenvalue weighted by Gasteiger charge is -2.32. The molecule has 0 unspecified atom stereocenters. The van der Waals surface area contributed by atoms with E-state index >= 15 is 0 Å². The van der Waals surface area contributed by atoms with Crippen molar-refractivity contribution in [1.29, 1.82) is 0 Å². The number of aliphatic carboxylic acids is 1. The van der Waals surface area contributed by atoms with E-state index < -0.39 is 42.6 Å².